The van der Waals surface area contributed by atoms with Crippen LogP contribution in [0.1, 0.15) is 23.4 Å². The Bertz CT molecular complexity index is 1240. The van der Waals surface area contributed by atoms with Crippen LogP contribution in [-0.2, 0) is 16.0 Å². The zero-order valence-electron chi connectivity index (χ0n) is 19.6. The lowest BCUT2D eigenvalue weighted by Gasteiger charge is -2.23. The number of ether oxygens (including phenoxy) is 1. The molecule has 0 spiro atoms. The molecule has 0 radical (unpaired) electrons. The van der Waals surface area contributed by atoms with Gasteiger partial charge in [0.1, 0.15) is 11.6 Å². The summed E-state index contributed by atoms with van der Waals surface area (Å²) in [5.74, 6) is 0.884. The number of carbonyl (C=O) groups excluding carboxylic acids is 3. The maximum Gasteiger partial charge on any atom is 0.321 e. The SMILES string of the molecule is COc1ccc(-n2c(CC3CC(=O)NC(=O)N3)nnc2SCC(=O)Nc2ccc(C)cc2C)cc1. The molecule has 0 saturated carbocycles. The van der Waals surface area contributed by atoms with Gasteiger partial charge < -0.3 is 15.4 Å². The fourth-order valence-corrected chi connectivity index (χ4v) is 4.58. The van der Waals surface area contributed by atoms with E-state index in [0.717, 1.165) is 22.5 Å². The van der Waals surface area contributed by atoms with Gasteiger partial charge in [0.15, 0.2) is 5.16 Å². The number of aryl methyl sites for hydroxylation is 2. The van der Waals surface area contributed by atoms with E-state index in [9.17, 15) is 14.4 Å². The van der Waals surface area contributed by atoms with Gasteiger partial charge in [-0.2, -0.15) is 0 Å². The number of thioether (sulfide) groups is 1. The second kappa shape index (κ2) is 10.6. The second-order valence-electron chi connectivity index (χ2n) is 8.21. The van der Waals surface area contributed by atoms with Gasteiger partial charge in [-0.05, 0) is 49.7 Å². The minimum Gasteiger partial charge on any atom is -0.497 e. The molecule has 1 atom stereocenters. The van der Waals surface area contributed by atoms with Crippen molar-refractivity contribution in [3.8, 4) is 11.4 Å². The number of urea groups is 1. The van der Waals surface area contributed by atoms with Gasteiger partial charge in [-0.25, -0.2) is 4.79 Å². The molecule has 10 nitrogen and oxygen atoms in total. The summed E-state index contributed by atoms with van der Waals surface area (Å²) in [7, 11) is 1.59. The zero-order valence-corrected chi connectivity index (χ0v) is 20.4. The minimum absolute atomic E-state index is 0.129. The summed E-state index contributed by atoms with van der Waals surface area (Å²) < 4.78 is 7.08. The van der Waals surface area contributed by atoms with E-state index in [1.54, 1.807) is 7.11 Å². The lowest BCUT2D eigenvalue weighted by Crippen LogP contribution is -2.53. The summed E-state index contributed by atoms with van der Waals surface area (Å²) in [5, 5.41) is 17.0. The quantitative estimate of drug-likeness (QED) is 0.411. The Morgan fingerprint density at radius 2 is 1.94 bits per heavy atom. The number of benzene rings is 2. The number of imide groups is 1. The molecule has 3 N–H and O–H groups in total. The molecule has 4 amide bonds. The van der Waals surface area contributed by atoms with Crippen molar-refractivity contribution in [3.63, 3.8) is 0 Å². The summed E-state index contributed by atoms with van der Waals surface area (Å²) in [6.07, 6.45) is 0.440. The number of methoxy groups -OCH3 is 1. The molecule has 1 aromatic heterocycles. The second-order valence-corrected chi connectivity index (χ2v) is 9.16. The standard InChI is InChI=1S/C24H26N6O4S/c1-14-4-9-19(15(2)10-14)26-22(32)13-35-24-29-28-20(11-16-12-21(31)27-23(33)25-16)30(24)17-5-7-18(34-3)8-6-17/h4-10,16H,11-13H2,1-3H3,(H,26,32)(H2,25,27,31,33). The number of nitrogens with zero attached hydrogens (tertiary/aromatic N) is 3. The van der Waals surface area contributed by atoms with E-state index < -0.39 is 12.1 Å². The average Bonchev–Trinajstić information content (AvgIpc) is 3.21. The van der Waals surface area contributed by atoms with Crippen LogP contribution in [-0.4, -0.2) is 51.5 Å². The highest BCUT2D eigenvalue weighted by atomic mass is 32.2. The zero-order chi connectivity index (χ0) is 24.9. The van der Waals surface area contributed by atoms with E-state index in [-0.39, 0.29) is 24.0 Å². The van der Waals surface area contributed by atoms with Gasteiger partial charge in [0, 0.05) is 30.3 Å². The summed E-state index contributed by atoms with van der Waals surface area (Å²) in [6.45, 7) is 3.95. The summed E-state index contributed by atoms with van der Waals surface area (Å²) in [5.41, 5.74) is 3.66. The number of hydrogen-bond acceptors (Lipinski definition) is 7. The molecule has 2 aromatic carbocycles. The van der Waals surface area contributed by atoms with Crippen molar-refractivity contribution in [3.05, 3.63) is 59.4 Å². The molecule has 2 heterocycles. The van der Waals surface area contributed by atoms with E-state index in [2.05, 4.69) is 26.1 Å². The van der Waals surface area contributed by atoms with Crippen LogP contribution in [0.4, 0.5) is 10.5 Å². The molecule has 1 aliphatic rings. The summed E-state index contributed by atoms with van der Waals surface area (Å²) in [6, 6.07) is 12.3. The molecule has 4 rings (SSSR count). The molecule has 1 fully saturated rings. The number of nitrogens with one attached hydrogen (secondary N) is 3. The van der Waals surface area contributed by atoms with Gasteiger partial charge in [-0.1, -0.05) is 29.5 Å². The van der Waals surface area contributed by atoms with E-state index in [1.165, 1.54) is 11.8 Å². The molecular weight excluding hydrogens is 468 g/mol. The molecule has 3 aromatic rings. The Morgan fingerprint density at radius 3 is 2.63 bits per heavy atom. The normalized spacial score (nSPS) is 15.3. The topological polar surface area (TPSA) is 127 Å². The third-order valence-electron chi connectivity index (χ3n) is 5.47. The highest BCUT2D eigenvalue weighted by molar-refractivity contribution is 7.99. The lowest BCUT2D eigenvalue weighted by atomic mass is 10.1. The smallest absolute Gasteiger partial charge is 0.321 e. The van der Waals surface area contributed by atoms with Gasteiger partial charge >= 0.3 is 6.03 Å². The Balaban J connectivity index is 1.54. The van der Waals surface area contributed by atoms with Crippen LogP contribution in [0.25, 0.3) is 5.69 Å². The molecule has 1 unspecified atom stereocenters. The first-order valence-electron chi connectivity index (χ1n) is 11.0. The Morgan fingerprint density at radius 1 is 1.17 bits per heavy atom. The van der Waals surface area contributed by atoms with Gasteiger partial charge in [-0.15, -0.1) is 10.2 Å². The highest BCUT2D eigenvalue weighted by Crippen LogP contribution is 2.25. The van der Waals surface area contributed by atoms with Crippen LogP contribution in [0.3, 0.4) is 0 Å². The van der Waals surface area contributed by atoms with Crippen LogP contribution >= 0.6 is 11.8 Å². The fourth-order valence-electron chi connectivity index (χ4n) is 3.80. The van der Waals surface area contributed by atoms with Crippen LogP contribution in [0.5, 0.6) is 5.75 Å². The van der Waals surface area contributed by atoms with E-state index in [0.29, 0.717) is 23.2 Å². The molecular formula is C24H26N6O4S. The van der Waals surface area contributed by atoms with Crippen molar-refractivity contribution in [2.24, 2.45) is 0 Å². The summed E-state index contributed by atoms with van der Waals surface area (Å²) in [4.78, 5) is 36.2. The van der Waals surface area contributed by atoms with Gasteiger partial charge in [0.25, 0.3) is 0 Å². The number of hydrogen-bond donors (Lipinski definition) is 3. The fraction of sp³-hybridized carbons (Fsp3) is 0.292. The van der Waals surface area contributed by atoms with Gasteiger partial charge in [0.2, 0.25) is 11.8 Å². The molecule has 1 saturated heterocycles. The summed E-state index contributed by atoms with van der Waals surface area (Å²) >= 11 is 1.25. The van der Waals surface area contributed by atoms with Crippen molar-refractivity contribution in [2.75, 3.05) is 18.2 Å². The monoisotopic (exact) mass is 494 g/mol. The predicted molar refractivity (Wildman–Crippen MR) is 132 cm³/mol. The molecule has 0 bridgehead atoms. The highest BCUT2D eigenvalue weighted by Gasteiger charge is 2.27. The van der Waals surface area contributed by atoms with E-state index in [4.69, 9.17) is 4.74 Å². The van der Waals surface area contributed by atoms with Crippen LogP contribution < -0.4 is 20.7 Å². The van der Waals surface area contributed by atoms with E-state index >= 15 is 0 Å². The van der Waals surface area contributed by atoms with Crippen molar-refractivity contribution >= 4 is 35.3 Å². The van der Waals surface area contributed by atoms with Crippen molar-refractivity contribution in [2.45, 2.75) is 37.9 Å². The maximum atomic E-state index is 12.7. The van der Waals surface area contributed by atoms with E-state index in [1.807, 2.05) is 60.9 Å². The van der Waals surface area contributed by atoms with Crippen molar-refractivity contribution in [1.29, 1.82) is 0 Å². The Labute approximate surface area is 206 Å². The molecule has 11 heteroatoms. The number of amides is 4. The van der Waals surface area contributed by atoms with Crippen molar-refractivity contribution < 1.29 is 19.1 Å². The Hall–Kier alpha value is -3.86. The third kappa shape index (κ3) is 5.99. The van der Waals surface area contributed by atoms with Crippen LogP contribution in [0.15, 0.2) is 47.6 Å². The molecule has 182 valence electrons. The lowest BCUT2D eigenvalue weighted by molar-refractivity contribution is -0.121. The minimum atomic E-state index is -0.528. The average molecular weight is 495 g/mol. The first-order chi connectivity index (χ1) is 16.8. The van der Waals surface area contributed by atoms with Gasteiger partial charge in [-0.3, -0.25) is 19.5 Å². The van der Waals surface area contributed by atoms with Crippen LogP contribution in [0.2, 0.25) is 0 Å². The van der Waals surface area contributed by atoms with Gasteiger partial charge in [0.05, 0.1) is 12.9 Å². The maximum absolute atomic E-state index is 12.7. The van der Waals surface area contributed by atoms with Crippen molar-refractivity contribution in [1.82, 2.24) is 25.4 Å². The van der Waals surface area contributed by atoms with Crippen LogP contribution in [0, 0.1) is 13.8 Å². The number of anilines is 1. The molecule has 35 heavy (non-hydrogen) atoms. The number of rotatable bonds is 8. The molecule has 0 aliphatic carbocycles. The Kier molecular flexibility index (Phi) is 7.35. The number of aromatic nitrogens is 3. The molecule has 1 aliphatic heterocycles. The first kappa shape index (κ1) is 24.3. The largest absolute Gasteiger partial charge is 0.497 e. The predicted octanol–water partition coefficient (Wildman–Crippen LogP) is 2.76. The number of carbonyl (C=O) groups is 3. The third-order valence-corrected chi connectivity index (χ3v) is 6.40. The first-order valence-corrected chi connectivity index (χ1v) is 12.0.